The Labute approximate surface area is 150 Å². The van der Waals surface area contributed by atoms with Gasteiger partial charge in [-0.25, -0.2) is 9.89 Å². The fourth-order valence-electron chi connectivity index (χ4n) is 2.38. The Morgan fingerprint density at radius 3 is 2.80 bits per heavy atom. The molecule has 0 fully saturated rings. The van der Waals surface area contributed by atoms with Crippen LogP contribution in [0.4, 0.5) is 5.69 Å². The topological polar surface area (TPSA) is 94.8 Å². The second-order valence-electron chi connectivity index (χ2n) is 5.46. The number of nitrogens with one attached hydrogen (secondary N) is 1. The number of anilines is 1. The zero-order valence-electron chi connectivity index (χ0n) is 14.3. The van der Waals surface area contributed by atoms with E-state index in [2.05, 4.69) is 16.3 Å². The van der Waals surface area contributed by atoms with Crippen molar-refractivity contribution in [3.8, 4) is 6.07 Å². The molecule has 7 nitrogen and oxygen atoms in total. The van der Waals surface area contributed by atoms with Crippen molar-refractivity contribution < 1.29 is 4.79 Å². The zero-order valence-corrected chi connectivity index (χ0v) is 15.1. The van der Waals surface area contributed by atoms with Crippen LogP contribution in [0.3, 0.4) is 0 Å². The van der Waals surface area contributed by atoms with Crippen LogP contribution in [0.15, 0.2) is 40.3 Å². The molecule has 0 saturated carbocycles. The molecular formula is C17H21N5O2S. The summed E-state index contributed by atoms with van der Waals surface area (Å²) >= 11 is 1.24. The molecule has 132 valence electrons. The van der Waals surface area contributed by atoms with Crippen LogP contribution in [0.25, 0.3) is 0 Å². The number of aromatic nitrogens is 3. The van der Waals surface area contributed by atoms with E-state index in [9.17, 15) is 9.59 Å². The zero-order chi connectivity index (χ0) is 18.2. The van der Waals surface area contributed by atoms with E-state index in [4.69, 9.17) is 5.26 Å². The first-order valence-electron chi connectivity index (χ1n) is 8.13. The number of carbonyl (C=O) groups excluding carboxylic acids is 1. The summed E-state index contributed by atoms with van der Waals surface area (Å²) in [6.45, 7) is 4.63. The van der Waals surface area contributed by atoms with Crippen LogP contribution >= 0.6 is 11.8 Å². The summed E-state index contributed by atoms with van der Waals surface area (Å²) in [7, 11) is 0. The highest BCUT2D eigenvalue weighted by Crippen LogP contribution is 2.24. The van der Waals surface area contributed by atoms with Crippen molar-refractivity contribution in [1.82, 2.24) is 14.8 Å². The van der Waals surface area contributed by atoms with Crippen LogP contribution in [0.5, 0.6) is 0 Å². The van der Waals surface area contributed by atoms with E-state index in [1.807, 2.05) is 37.3 Å². The Balaban J connectivity index is 2.18. The van der Waals surface area contributed by atoms with Gasteiger partial charge in [0, 0.05) is 18.8 Å². The first-order chi connectivity index (χ1) is 12.1. The number of carbonyl (C=O) groups is 1. The van der Waals surface area contributed by atoms with Crippen molar-refractivity contribution in [2.75, 3.05) is 11.4 Å². The summed E-state index contributed by atoms with van der Waals surface area (Å²) < 4.78 is 1.54. The van der Waals surface area contributed by atoms with Gasteiger partial charge in [0.25, 0.3) is 0 Å². The summed E-state index contributed by atoms with van der Waals surface area (Å²) in [6, 6.07) is 11.3. The fraction of sp³-hybridized carbons (Fsp3) is 0.412. The van der Waals surface area contributed by atoms with Crippen molar-refractivity contribution in [3.05, 3.63) is 40.8 Å². The highest BCUT2D eigenvalue weighted by molar-refractivity contribution is 8.00. The predicted octanol–water partition coefficient (Wildman–Crippen LogP) is 2.41. The lowest BCUT2D eigenvalue weighted by atomic mass is 10.2. The molecule has 1 heterocycles. The molecule has 0 bridgehead atoms. The molecule has 0 aliphatic carbocycles. The molecule has 1 aromatic carbocycles. The van der Waals surface area contributed by atoms with Crippen molar-refractivity contribution in [3.63, 3.8) is 0 Å². The van der Waals surface area contributed by atoms with Gasteiger partial charge >= 0.3 is 5.69 Å². The number of rotatable bonds is 8. The Morgan fingerprint density at radius 2 is 2.16 bits per heavy atom. The summed E-state index contributed by atoms with van der Waals surface area (Å²) in [5.41, 5.74) is 0.483. The summed E-state index contributed by atoms with van der Waals surface area (Å²) in [5, 5.41) is 15.4. The highest BCUT2D eigenvalue weighted by Gasteiger charge is 2.24. The molecule has 25 heavy (non-hydrogen) atoms. The minimum atomic E-state index is -0.440. The largest absolute Gasteiger partial charge is 0.343 e. The molecular weight excluding hydrogens is 338 g/mol. The fourth-order valence-corrected chi connectivity index (χ4v) is 3.32. The van der Waals surface area contributed by atoms with Crippen molar-refractivity contribution in [2.45, 2.75) is 43.6 Å². The number of aromatic amines is 1. The highest BCUT2D eigenvalue weighted by atomic mass is 32.2. The lowest BCUT2D eigenvalue weighted by molar-refractivity contribution is -0.117. The Kier molecular flexibility index (Phi) is 6.83. The van der Waals surface area contributed by atoms with E-state index < -0.39 is 5.25 Å². The van der Waals surface area contributed by atoms with E-state index in [0.29, 0.717) is 18.2 Å². The summed E-state index contributed by atoms with van der Waals surface area (Å²) in [5.74, 6) is -0.120. The smallest absolute Gasteiger partial charge is 0.310 e. The maximum absolute atomic E-state index is 12.9. The number of nitrogens with zero attached hydrogens (tertiary/aromatic N) is 4. The van der Waals surface area contributed by atoms with Gasteiger partial charge in [0.05, 0.1) is 17.7 Å². The summed E-state index contributed by atoms with van der Waals surface area (Å²) in [6.07, 6.45) is 1.05. The van der Waals surface area contributed by atoms with Gasteiger partial charge in [-0.05, 0) is 25.5 Å². The number of para-hydroxylation sites is 1. The average molecular weight is 359 g/mol. The van der Waals surface area contributed by atoms with Gasteiger partial charge in [0.1, 0.15) is 0 Å². The number of amides is 1. The van der Waals surface area contributed by atoms with Gasteiger partial charge in [-0.3, -0.25) is 9.36 Å². The minimum Gasteiger partial charge on any atom is -0.310 e. The van der Waals surface area contributed by atoms with E-state index in [1.54, 1.807) is 11.8 Å². The molecule has 1 amide bonds. The first-order valence-corrected chi connectivity index (χ1v) is 9.01. The van der Waals surface area contributed by atoms with E-state index in [1.165, 1.54) is 16.3 Å². The number of hydrogen-bond donors (Lipinski definition) is 1. The maximum atomic E-state index is 12.9. The monoisotopic (exact) mass is 359 g/mol. The third-order valence-electron chi connectivity index (χ3n) is 3.58. The molecule has 8 heteroatoms. The number of hydrogen-bond acceptors (Lipinski definition) is 5. The molecule has 0 saturated heterocycles. The molecule has 2 rings (SSSR count). The van der Waals surface area contributed by atoms with Gasteiger partial charge in [0.2, 0.25) is 5.91 Å². The van der Waals surface area contributed by atoms with Crippen LogP contribution < -0.4 is 10.6 Å². The molecule has 0 aliphatic rings. The maximum Gasteiger partial charge on any atom is 0.343 e. The quantitative estimate of drug-likeness (QED) is 0.730. The van der Waals surface area contributed by atoms with Gasteiger partial charge < -0.3 is 4.90 Å². The number of nitriles is 1. The molecule has 1 unspecified atom stereocenters. The van der Waals surface area contributed by atoms with Crippen LogP contribution in [-0.4, -0.2) is 32.5 Å². The molecule has 0 aliphatic heterocycles. The van der Waals surface area contributed by atoms with Crippen molar-refractivity contribution in [1.29, 1.82) is 5.26 Å². The van der Waals surface area contributed by atoms with Crippen LogP contribution in [-0.2, 0) is 11.3 Å². The standard InChI is InChI=1S/C17H21N5O2S/c1-3-11-22-16(24)19-20-17(22)25-13(2)15(23)21(12-7-10-18)14-8-5-4-6-9-14/h4-6,8-9,13H,3,7,11-12H2,1-2H3,(H,19,24). The van der Waals surface area contributed by atoms with Crippen molar-refractivity contribution in [2.24, 2.45) is 0 Å². The normalized spacial score (nSPS) is 11.7. The van der Waals surface area contributed by atoms with Crippen LogP contribution in [0.1, 0.15) is 26.7 Å². The van der Waals surface area contributed by atoms with Gasteiger partial charge in [-0.15, -0.1) is 5.10 Å². The minimum absolute atomic E-state index is 0.120. The molecule has 1 N–H and O–H groups in total. The van der Waals surface area contributed by atoms with E-state index in [0.717, 1.165) is 12.1 Å². The number of H-pyrrole nitrogens is 1. The molecule has 1 aromatic heterocycles. The molecule has 1 atom stereocenters. The number of thioether (sulfide) groups is 1. The summed E-state index contributed by atoms with van der Waals surface area (Å²) in [4.78, 5) is 26.3. The molecule has 2 aromatic rings. The molecule has 0 radical (unpaired) electrons. The van der Waals surface area contributed by atoms with Crippen LogP contribution in [0.2, 0.25) is 0 Å². The van der Waals surface area contributed by atoms with Crippen LogP contribution in [0, 0.1) is 11.3 Å². The molecule has 0 spiro atoms. The average Bonchev–Trinajstić information content (AvgIpc) is 2.96. The second kappa shape index (κ2) is 9.08. The Morgan fingerprint density at radius 1 is 1.44 bits per heavy atom. The first kappa shape index (κ1) is 18.8. The lowest BCUT2D eigenvalue weighted by Gasteiger charge is -2.24. The Hall–Kier alpha value is -2.53. The van der Waals surface area contributed by atoms with E-state index >= 15 is 0 Å². The van der Waals surface area contributed by atoms with Gasteiger partial charge in [-0.1, -0.05) is 36.9 Å². The SMILES string of the molecule is CCCn1c(SC(C)C(=O)N(CCC#N)c2ccccc2)n[nH]c1=O. The lowest BCUT2D eigenvalue weighted by Crippen LogP contribution is -2.37. The van der Waals surface area contributed by atoms with E-state index in [-0.39, 0.29) is 18.0 Å². The third-order valence-corrected chi connectivity index (χ3v) is 4.66. The third kappa shape index (κ3) is 4.73. The van der Waals surface area contributed by atoms with Gasteiger partial charge in [0.15, 0.2) is 5.16 Å². The number of benzene rings is 1. The second-order valence-corrected chi connectivity index (χ2v) is 6.76. The Bertz CT molecular complexity index is 793. The van der Waals surface area contributed by atoms with Gasteiger partial charge in [-0.2, -0.15) is 5.26 Å². The predicted molar refractivity (Wildman–Crippen MR) is 97.5 cm³/mol. The van der Waals surface area contributed by atoms with Crippen molar-refractivity contribution >= 4 is 23.4 Å².